The quantitative estimate of drug-likeness (QED) is 0.674. The van der Waals surface area contributed by atoms with Crippen molar-refractivity contribution in [2.24, 2.45) is 5.92 Å². The number of nitrogens with zero attached hydrogens (tertiary/aromatic N) is 1. The predicted molar refractivity (Wildman–Crippen MR) is 95.2 cm³/mol. The molecule has 134 valence electrons. The van der Waals surface area contributed by atoms with Crippen molar-refractivity contribution in [3.8, 4) is 5.75 Å². The Morgan fingerprint density at radius 1 is 1.25 bits per heavy atom. The van der Waals surface area contributed by atoms with Crippen LogP contribution in [0.3, 0.4) is 0 Å². The Balaban J connectivity index is 1.88. The summed E-state index contributed by atoms with van der Waals surface area (Å²) in [7, 11) is -3.10. The third-order valence-electron chi connectivity index (χ3n) is 4.08. The standard InChI is InChI=1S/C18H27NO4S/c1-4-5-10-23-16-8-6-15(7-9-16)18(20)19-11-17(12-19)24(21,22)13-14(2)3/h6-9,14,17H,4-5,10-13H2,1-3H3. The Kier molecular flexibility index (Phi) is 6.27. The summed E-state index contributed by atoms with van der Waals surface area (Å²) in [6.45, 7) is 7.15. The number of ether oxygens (including phenoxy) is 1. The van der Waals surface area contributed by atoms with Crippen LogP contribution < -0.4 is 4.74 Å². The van der Waals surface area contributed by atoms with Crippen molar-refractivity contribution in [2.45, 2.75) is 38.9 Å². The highest BCUT2D eigenvalue weighted by Gasteiger charge is 2.39. The number of hydrogen-bond donors (Lipinski definition) is 0. The Morgan fingerprint density at radius 3 is 2.42 bits per heavy atom. The summed E-state index contributed by atoms with van der Waals surface area (Å²) in [6, 6.07) is 7.05. The van der Waals surface area contributed by atoms with E-state index in [1.807, 2.05) is 13.8 Å². The number of amides is 1. The van der Waals surface area contributed by atoms with E-state index in [0.29, 0.717) is 25.3 Å². The van der Waals surface area contributed by atoms with Crippen molar-refractivity contribution in [1.82, 2.24) is 4.90 Å². The average molecular weight is 353 g/mol. The van der Waals surface area contributed by atoms with E-state index >= 15 is 0 Å². The number of unbranched alkanes of at least 4 members (excludes halogenated alkanes) is 1. The fourth-order valence-corrected chi connectivity index (χ4v) is 4.66. The molecule has 6 heteroatoms. The zero-order valence-electron chi connectivity index (χ0n) is 14.7. The van der Waals surface area contributed by atoms with Gasteiger partial charge in [-0.1, -0.05) is 27.2 Å². The van der Waals surface area contributed by atoms with Gasteiger partial charge in [0.25, 0.3) is 5.91 Å². The Labute approximate surface area is 144 Å². The first kappa shape index (κ1) is 18.8. The van der Waals surface area contributed by atoms with Gasteiger partial charge in [0.2, 0.25) is 0 Å². The molecule has 1 amide bonds. The van der Waals surface area contributed by atoms with E-state index in [4.69, 9.17) is 4.74 Å². The third-order valence-corrected chi connectivity index (χ3v) is 6.52. The number of carbonyl (C=O) groups is 1. The van der Waals surface area contributed by atoms with E-state index in [1.54, 1.807) is 29.2 Å². The molecule has 1 heterocycles. The molecular formula is C18H27NO4S. The van der Waals surface area contributed by atoms with Gasteiger partial charge in [-0.2, -0.15) is 0 Å². The first-order valence-electron chi connectivity index (χ1n) is 8.57. The van der Waals surface area contributed by atoms with E-state index in [1.165, 1.54) is 0 Å². The van der Waals surface area contributed by atoms with Crippen molar-refractivity contribution in [2.75, 3.05) is 25.4 Å². The van der Waals surface area contributed by atoms with Crippen molar-refractivity contribution >= 4 is 15.7 Å². The molecule has 0 unspecified atom stereocenters. The van der Waals surface area contributed by atoms with Gasteiger partial charge < -0.3 is 9.64 Å². The minimum absolute atomic E-state index is 0.111. The topological polar surface area (TPSA) is 63.7 Å². The Hall–Kier alpha value is -1.56. The van der Waals surface area contributed by atoms with E-state index in [0.717, 1.165) is 18.6 Å². The van der Waals surface area contributed by atoms with Gasteiger partial charge in [-0.3, -0.25) is 4.79 Å². The number of likely N-dealkylation sites (tertiary alicyclic amines) is 1. The number of benzene rings is 1. The molecule has 0 radical (unpaired) electrons. The van der Waals surface area contributed by atoms with Crippen LogP contribution in [0.5, 0.6) is 5.75 Å². The summed E-state index contributed by atoms with van der Waals surface area (Å²) in [5.74, 6) is 0.927. The van der Waals surface area contributed by atoms with Crippen molar-refractivity contribution in [3.63, 3.8) is 0 Å². The molecule has 0 aromatic heterocycles. The van der Waals surface area contributed by atoms with Crippen LogP contribution in [0.1, 0.15) is 44.0 Å². The molecule has 1 saturated heterocycles. The summed E-state index contributed by atoms with van der Waals surface area (Å²) >= 11 is 0. The fraction of sp³-hybridized carbons (Fsp3) is 0.611. The highest BCUT2D eigenvalue weighted by atomic mass is 32.2. The molecule has 0 N–H and O–H groups in total. The molecule has 0 spiro atoms. The van der Waals surface area contributed by atoms with Gasteiger partial charge in [0.15, 0.2) is 9.84 Å². The second-order valence-corrected chi connectivity index (χ2v) is 9.11. The monoisotopic (exact) mass is 353 g/mol. The minimum Gasteiger partial charge on any atom is -0.494 e. The van der Waals surface area contributed by atoms with Crippen LogP contribution in [0.15, 0.2) is 24.3 Å². The summed E-state index contributed by atoms with van der Waals surface area (Å²) in [5.41, 5.74) is 0.567. The summed E-state index contributed by atoms with van der Waals surface area (Å²) < 4.78 is 29.9. The molecule has 1 aromatic carbocycles. The number of hydrogen-bond acceptors (Lipinski definition) is 4. The number of rotatable bonds is 8. The lowest BCUT2D eigenvalue weighted by Gasteiger charge is -2.39. The summed E-state index contributed by atoms with van der Waals surface area (Å²) in [5, 5.41) is -0.416. The highest BCUT2D eigenvalue weighted by Crippen LogP contribution is 2.22. The molecule has 1 aliphatic heterocycles. The Morgan fingerprint density at radius 2 is 1.88 bits per heavy atom. The van der Waals surface area contributed by atoms with Gasteiger partial charge in [-0.25, -0.2) is 8.42 Å². The Bertz CT molecular complexity index is 646. The maximum absolute atomic E-state index is 12.4. The zero-order valence-corrected chi connectivity index (χ0v) is 15.5. The van der Waals surface area contributed by atoms with Gasteiger partial charge >= 0.3 is 0 Å². The minimum atomic E-state index is -3.10. The van der Waals surface area contributed by atoms with Crippen LogP contribution in [0.25, 0.3) is 0 Å². The van der Waals surface area contributed by atoms with E-state index in [9.17, 15) is 13.2 Å². The van der Waals surface area contributed by atoms with Gasteiger partial charge in [0, 0.05) is 18.7 Å². The van der Waals surface area contributed by atoms with Crippen LogP contribution in [0.2, 0.25) is 0 Å². The normalized spacial score (nSPS) is 15.4. The molecule has 5 nitrogen and oxygen atoms in total. The first-order valence-corrected chi connectivity index (χ1v) is 10.3. The molecular weight excluding hydrogens is 326 g/mol. The molecule has 0 atom stereocenters. The molecule has 2 rings (SSSR count). The van der Waals surface area contributed by atoms with Crippen molar-refractivity contribution < 1.29 is 17.9 Å². The lowest BCUT2D eigenvalue weighted by atomic mass is 10.1. The van der Waals surface area contributed by atoms with Gasteiger partial charge in [0.05, 0.1) is 17.6 Å². The van der Waals surface area contributed by atoms with Crippen LogP contribution >= 0.6 is 0 Å². The van der Waals surface area contributed by atoms with Crippen LogP contribution in [0.4, 0.5) is 0 Å². The molecule has 24 heavy (non-hydrogen) atoms. The number of sulfone groups is 1. The van der Waals surface area contributed by atoms with Crippen LogP contribution in [-0.2, 0) is 9.84 Å². The predicted octanol–water partition coefficient (Wildman–Crippen LogP) is 2.76. The SMILES string of the molecule is CCCCOc1ccc(C(=O)N2CC(S(=O)(=O)CC(C)C)C2)cc1. The first-order chi connectivity index (χ1) is 11.3. The molecule has 1 aromatic rings. The lowest BCUT2D eigenvalue weighted by molar-refractivity contribution is 0.0658. The molecule has 0 saturated carbocycles. The molecule has 1 aliphatic rings. The smallest absolute Gasteiger partial charge is 0.253 e. The largest absolute Gasteiger partial charge is 0.494 e. The summed E-state index contributed by atoms with van der Waals surface area (Å²) in [4.78, 5) is 14.0. The van der Waals surface area contributed by atoms with Crippen LogP contribution in [0, 0.1) is 5.92 Å². The fourth-order valence-electron chi connectivity index (χ4n) is 2.64. The molecule has 0 bridgehead atoms. The lowest BCUT2D eigenvalue weighted by Crippen LogP contribution is -2.57. The molecule has 0 aliphatic carbocycles. The molecule has 1 fully saturated rings. The average Bonchev–Trinajstić information content (AvgIpc) is 2.44. The second kappa shape index (κ2) is 8.01. The third kappa shape index (κ3) is 4.72. The van der Waals surface area contributed by atoms with Gasteiger partial charge in [0.1, 0.15) is 5.75 Å². The highest BCUT2D eigenvalue weighted by molar-refractivity contribution is 7.92. The van der Waals surface area contributed by atoms with E-state index in [2.05, 4.69) is 6.92 Å². The van der Waals surface area contributed by atoms with E-state index < -0.39 is 15.1 Å². The zero-order chi connectivity index (χ0) is 17.7. The second-order valence-electron chi connectivity index (χ2n) is 6.78. The summed E-state index contributed by atoms with van der Waals surface area (Å²) in [6.07, 6.45) is 2.08. The van der Waals surface area contributed by atoms with Gasteiger partial charge in [-0.05, 0) is 36.6 Å². The van der Waals surface area contributed by atoms with E-state index in [-0.39, 0.29) is 17.6 Å². The van der Waals surface area contributed by atoms with Crippen molar-refractivity contribution in [1.29, 1.82) is 0 Å². The van der Waals surface area contributed by atoms with Crippen LogP contribution in [-0.4, -0.2) is 49.9 Å². The van der Waals surface area contributed by atoms with Gasteiger partial charge in [-0.15, -0.1) is 0 Å². The number of carbonyl (C=O) groups excluding carboxylic acids is 1. The maximum Gasteiger partial charge on any atom is 0.253 e. The maximum atomic E-state index is 12.4. The van der Waals surface area contributed by atoms with Crippen molar-refractivity contribution in [3.05, 3.63) is 29.8 Å².